The molecule has 114 valence electrons. The Bertz CT molecular complexity index is 650. The molecule has 2 bridgehead atoms. The molecule has 0 saturated carbocycles. The molecule has 0 amide bonds. The molecule has 0 radical (unpaired) electrons. The zero-order valence-electron chi connectivity index (χ0n) is 11.3. The van der Waals surface area contributed by atoms with Crippen LogP contribution >= 0.6 is 0 Å². The molecule has 0 N–H and O–H groups in total. The van der Waals surface area contributed by atoms with E-state index in [1.165, 1.54) is 12.1 Å². The van der Waals surface area contributed by atoms with Gasteiger partial charge in [-0.05, 0) is 42.5 Å². The van der Waals surface area contributed by atoms with Gasteiger partial charge in [-0.1, -0.05) is 24.6 Å². The average Bonchev–Trinajstić information content (AvgIpc) is 2.38. The lowest BCUT2D eigenvalue weighted by Crippen LogP contribution is -2.38. The first-order valence-electron chi connectivity index (χ1n) is 6.95. The number of fused-ring (bicyclic) bond motifs is 2. The van der Waals surface area contributed by atoms with Gasteiger partial charge in [0.15, 0.2) is 9.84 Å². The van der Waals surface area contributed by atoms with Crippen molar-refractivity contribution < 1.29 is 21.9 Å². The summed E-state index contributed by atoms with van der Waals surface area (Å²) in [6.07, 6.45) is 4.67. The molecule has 2 atom stereocenters. The Morgan fingerprint density at radius 3 is 2.48 bits per heavy atom. The van der Waals surface area contributed by atoms with E-state index in [4.69, 9.17) is 0 Å². The molecule has 1 fully saturated rings. The molecule has 2 aliphatic heterocycles. The Balaban J connectivity index is 1.86. The zero-order chi connectivity index (χ0) is 15.0. The molecule has 0 aromatic heterocycles. The summed E-state index contributed by atoms with van der Waals surface area (Å²) in [6.45, 7) is -2.84. The van der Waals surface area contributed by atoms with Gasteiger partial charge in [-0.3, -0.25) is 0 Å². The van der Waals surface area contributed by atoms with E-state index < -0.39 is 21.7 Å². The lowest BCUT2D eigenvalue weighted by Gasteiger charge is -2.33. The molecule has 6 heteroatoms. The molecular formula is C15H16F2O3S. The number of hydrogen-bond donors (Lipinski definition) is 0. The van der Waals surface area contributed by atoms with E-state index in [0.29, 0.717) is 19.3 Å². The molecule has 21 heavy (non-hydrogen) atoms. The molecule has 1 saturated heterocycles. The van der Waals surface area contributed by atoms with Crippen molar-refractivity contribution in [3.63, 3.8) is 0 Å². The maximum absolute atomic E-state index is 12.2. The fourth-order valence-corrected chi connectivity index (χ4v) is 5.37. The number of ether oxygens (including phenoxy) is 1. The van der Waals surface area contributed by atoms with E-state index in [9.17, 15) is 17.2 Å². The van der Waals surface area contributed by atoms with E-state index in [1.54, 1.807) is 12.1 Å². The fraction of sp³-hybridized carbons (Fsp3) is 0.467. The van der Waals surface area contributed by atoms with Crippen molar-refractivity contribution in [3.05, 3.63) is 35.9 Å². The quantitative estimate of drug-likeness (QED) is 0.858. The van der Waals surface area contributed by atoms with Crippen LogP contribution in [0.3, 0.4) is 0 Å². The van der Waals surface area contributed by atoms with Gasteiger partial charge in [0.2, 0.25) is 0 Å². The van der Waals surface area contributed by atoms with Crippen LogP contribution in [0.2, 0.25) is 0 Å². The standard InChI is InChI=1S/C15H16F2O3S/c16-15(17)20-12-6-4-10(5-7-12)11-8-13-2-1-3-14(9-11)21(13,18)19/h4-8,13-15H,1-3,9H2. The second kappa shape index (κ2) is 5.40. The third kappa shape index (κ3) is 2.81. The molecule has 2 aliphatic rings. The number of benzene rings is 1. The van der Waals surface area contributed by atoms with Crippen molar-refractivity contribution in [3.8, 4) is 5.75 Å². The first-order chi connectivity index (χ1) is 9.96. The maximum atomic E-state index is 12.2. The van der Waals surface area contributed by atoms with E-state index >= 15 is 0 Å². The van der Waals surface area contributed by atoms with E-state index in [2.05, 4.69) is 4.74 Å². The van der Waals surface area contributed by atoms with Gasteiger partial charge in [0.1, 0.15) is 5.75 Å². The summed E-state index contributed by atoms with van der Waals surface area (Å²) in [6, 6.07) is 6.39. The first-order valence-corrected chi connectivity index (χ1v) is 8.56. The molecule has 2 heterocycles. The van der Waals surface area contributed by atoms with Crippen molar-refractivity contribution in [1.82, 2.24) is 0 Å². The summed E-state index contributed by atoms with van der Waals surface area (Å²) in [5.41, 5.74) is 1.87. The van der Waals surface area contributed by atoms with Crippen molar-refractivity contribution in [2.24, 2.45) is 0 Å². The summed E-state index contributed by atoms with van der Waals surface area (Å²) < 4.78 is 52.9. The zero-order valence-corrected chi connectivity index (χ0v) is 12.2. The van der Waals surface area contributed by atoms with Gasteiger partial charge in [-0.2, -0.15) is 8.78 Å². The number of sulfone groups is 1. The summed E-state index contributed by atoms with van der Waals surface area (Å²) in [5, 5.41) is -0.690. The van der Waals surface area contributed by atoms with Crippen LogP contribution in [-0.4, -0.2) is 25.5 Å². The molecule has 0 spiro atoms. The first kappa shape index (κ1) is 14.5. The normalized spacial score (nSPS) is 27.3. The monoisotopic (exact) mass is 314 g/mol. The Kier molecular flexibility index (Phi) is 3.73. The van der Waals surface area contributed by atoms with Crippen LogP contribution in [0.25, 0.3) is 5.57 Å². The highest BCUT2D eigenvalue weighted by molar-refractivity contribution is 7.93. The lowest BCUT2D eigenvalue weighted by atomic mass is 9.93. The minimum atomic E-state index is -3.03. The van der Waals surface area contributed by atoms with Crippen LogP contribution < -0.4 is 4.74 Å². The van der Waals surface area contributed by atoms with Crippen LogP contribution in [0.4, 0.5) is 8.78 Å². The molecular weight excluding hydrogens is 298 g/mol. The van der Waals surface area contributed by atoms with Crippen LogP contribution in [0.15, 0.2) is 30.3 Å². The smallest absolute Gasteiger partial charge is 0.387 e. The third-order valence-corrected chi connectivity index (χ3v) is 6.73. The Morgan fingerprint density at radius 1 is 1.14 bits per heavy atom. The summed E-state index contributed by atoms with van der Waals surface area (Å²) in [4.78, 5) is 0. The van der Waals surface area contributed by atoms with Crippen LogP contribution in [0.1, 0.15) is 31.2 Å². The maximum Gasteiger partial charge on any atom is 0.387 e. The van der Waals surface area contributed by atoms with Gasteiger partial charge in [-0.25, -0.2) is 8.42 Å². The second-order valence-corrected chi connectivity index (χ2v) is 7.93. The van der Waals surface area contributed by atoms with E-state index in [-0.39, 0.29) is 11.0 Å². The fourth-order valence-electron chi connectivity index (χ4n) is 3.12. The number of allylic oxidation sites excluding steroid dienone is 1. The molecule has 1 aromatic rings. The summed E-state index contributed by atoms with van der Waals surface area (Å²) in [5.74, 6) is 0.109. The molecule has 3 nitrogen and oxygen atoms in total. The highest BCUT2D eigenvalue weighted by Gasteiger charge is 2.40. The van der Waals surface area contributed by atoms with Crippen LogP contribution in [0.5, 0.6) is 5.75 Å². The largest absolute Gasteiger partial charge is 0.435 e. The molecule has 0 aliphatic carbocycles. The van der Waals surface area contributed by atoms with Crippen LogP contribution in [0, 0.1) is 0 Å². The number of hydrogen-bond acceptors (Lipinski definition) is 3. The topological polar surface area (TPSA) is 43.4 Å². The van der Waals surface area contributed by atoms with Crippen LogP contribution in [-0.2, 0) is 9.84 Å². The van der Waals surface area contributed by atoms with Crippen molar-refractivity contribution in [1.29, 1.82) is 0 Å². The van der Waals surface area contributed by atoms with E-state index in [0.717, 1.165) is 17.6 Å². The predicted molar refractivity (Wildman–Crippen MR) is 76.0 cm³/mol. The van der Waals surface area contributed by atoms with Gasteiger partial charge < -0.3 is 4.74 Å². The van der Waals surface area contributed by atoms with Gasteiger partial charge in [0.25, 0.3) is 0 Å². The van der Waals surface area contributed by atoms with Gasteiger partial charge in [0, 0.05) is 0 Å². The van der Waals surface area contributed by atoms with Gasteiger partial charge in [-0.15, -0.1) is 0 Å². The third-order valence-electron chi connectivity index (χ3n) is 4.19. The molecule has 3 rings (SSSR count). The minimum absolute atomic E-state index is 0.109. The SMILES string of the molecule is O=S1(=O)C2C=C(c3ccc(OC(F)F)cc3)CC1CCC2. The number of rotatable bonds is 3. The number of alkyl halides is 2. The Labute approximate surface area is 122 Å². The minimum Gasteiger partial charge on any atom is -0.435 e. The second-order valence-electron chi connectivity index (χ2n) is 5.48. The van der Waals surface area contributed by atoms with Crippen molar-refractivity contribution >= 4 is 15.4 Å². The van der Waals surface area contributed by atoms with Crippen molar-refractivity contribution in [2.75, 3.05) is 0 Å². The summed E-state index contributed by atoms with van der Waals surface area (Å²) in [7, 11) is -3.03. The highest BCUT2D eigenvalue weighted by atomic mass is 32.2. The summed E-state index contributed by atoms with van der Waals surface area (Å²) >= 11 is 0. The number of halogens is 2. The van der Waals surface area contributed by atoms with E-state index in [1.807, 2.05) is 6.08 Å². The molecule has 2 unspecified atom stereocenters. The predicted octanol–water partition coefficient (Wildman–Crippen LogP) is 3.41. The highest BCUT2D eigenvalue weighted by Crippen LogP contribution is 2.39. The lowest BCUT2D eigenvalue weighted by molar-refractivity contribution is -0.0498. The Morgan fingerprint density at radius 2 is 1.86 bits per heavy atom. The van der Waals surface area contributed by atoms with Crippen molar-refractivity contribution in [2.45, 2.75) is 42.8 Å². The van der Waals surface area contributed by atoms with Gasteiger partial charge in [0.05, 0.1) is 10.5 Å². The Hall–Kier alpha value is -1.43. The average molecular weight is 314 g/mol. The van der Waals surface area contributed by atoms with Gasteiger partial charge >= 0.3 is 6.61 Å². The molecule has 1 aromatic carbocycles.